The molecule has 1 aliphatic rings. The first kappa shape index (κ1) is 20.5. The minimum absolute atomic E-state index is 0.0433. The van der Waals surface area contributed by atoms with E-state index in [4.69, 9.17) is 4.74 Å². The van der Waals surface area contributed by atoms with Crippen LogP contribution in [0.25, 0.3) is 10.9 Å². The number of aromatic nitrogens is 2. The van der Waals surface area contributed by atoms with E-state index < -0.39 is 0 Å². The molecule has 0 saturated carbocycles. The quantitative estimate of drug-likeness (QED) is 0.791. The van der Waals surface area contributed by atoms with Crippen LogP contribution in [-0.2, 0) is 16.0 Å². The summed E-state index contributed by atoms with van der Waals surface area (Å²) in [5.41, 5.74) is 0.327. The van der Waals surface area contributed by atoms with E-state index in [-0.39, 0.29) is 35.6 Å². The van der Waals surface area contributed by atoms with Crippen molar-refractivity contribution in [3.8, 4) is 0 Å². The highest BCUT2D eigenvalue weighted by atomic mass is 16.5. The smallest absolute Gasteiger partial charge is 0.258 e. The number of para-hydroxylation sites is 1. The van der Waals surface area contributed by atoms with Crippen LogP contribution < -0.4 is 10.9 Å². The maximum absolute atomic E-state index is 12.3. The third kappa shape index (κ3) is 4.97. The molecule has 152 valence electrons. The van der Waals surface area contributed by atoms with Gasteiger partial charge in [0.2, 0.25) is 5.91 Å². The van der Waals surface area contributed by atoms with Crippen molar-refractivity contribution in [2.45, 2.75) is 58.3 Å². The SMILES string of the molecule is C[C@H]1CN(C(C)(C)CNC(=O)CCc2nc3ccccc3c(=O)[nH]2)C[C@H](C)O1. The summed E-state index contributed by atoms with van der Waals surface area (Å²) < 4.78 is 5.80. The average Bonchev–Trinajstić information content (AvgIpc) is 2.64. The molecule has 2 N–H and O–H groups in total. The molecule has 1 fully saturated rings. The molecule has 0 radical (unpaired) electrons. The number of hydrogen-bond acceptors (Lipinski definition) is 5. The number of aryl methyl sites for hydroxylation is 1. The monoisotopic (exact) mass is 386 g/mol. The minimum Gasteiger partial charge on any atom is -0.373 e. The van der Waals surface area contributed by atoms with E-state index in [0.717, 1.165) is 13.1 Å². The lowest BCUT2D eigenvalue weighted by Crippen LogP contribution is -2.58. The third-order valence-corrected chi connectivity index (χ3v) is 5.24. The van der Waals surface area contributed by atoms with Crippen molar-refractivity contribution in [2.24, 2.45) is 0 Å². The van der Waals surface area contributed by atoms with Crippen LogP contribution >= 0.6 is 0 Å². The zero-order chi connectivity index (χ0) is 20.3. The van der Waals surface area contributed by atoms with Gasteiger partial charge in [-0.25, -0.2) is 4.98 Å². The Morgan fingerprint density at radius 3 is 2.68 bits per heavy atom. The van der Waals surface area contributed by atoms with E-state index in [1.54, 1.807) is 12.1 Å². The van der Waals surface area contributed by atoms with Gasteiger partial charge in [-0.2, -0.15) is 0 Å². The Morgan fingerprint density at radius 2 is 1.96 bits per heavy atom. The lowest BCUT2D eigenvalue weighted by molar-refractivity contribution is -0.122. The zero-order valence-corrected chi connectivity index (χ0v) is 17.1. The largest absolute Gasteiger partial charge is 0.373 e. The van der Waals surface area contributed by atoms with Gasteiger partial charge in [0.25, 0.3) is 5.56 Å². The maximum Gasteiger partial charge on any atom is 0.258 e. The van der Waals surface area contributed by atoms with Crippen molar-refractivity contribution in [3.05, 3.63) is 40.4 Å². The van der Waals surface area contributed by atoms with Crippen LogP contribution in [0.4, 0.5) is 0 Å². The summed E-state index contributed by atoms with van der Waals surface area (Å²) in [5, 5.41) is 3.59. The van der Waals surface area contributed by atoms with Crippen LogP contribution in [0.15, 0.2) is 29.1 Å². The van der Waals surface area contributed by atoms with E-state index in [1.807, 2.05) is 12.1 Å². The summed E-state index contributed by atoms with van der Waals surface area (Å²) in [6.07, 6.45) is 1.06. The molecule has 0 aliphatic carbocycles. The standard InChI is InChI=1S/C21H30N4O3/c1-14-11-25(12-15(2)28-14)21(3,4)13-22-19(26)10-9-18-23-17-8-6-5-7-16(17)20(27)24-18/h5-8,14-15H,9-13H2,1-4H3,(H,22,26)(H,23,24,27)/t14-,15-/m0/s1. The Hall–Kier alpha value is -2.25. The Kier molecular flexibility index (Phi) is 6.15. The van der Waals surface area contributed by atoms with Crippen molar-refractivity contribution in [3.63, 3.8) is 0 Å². The Morgan fingerprint density at radius 1 is 1.29 bits per heavy atom. The number of H-pyrrole nitrogens is 1. The van der Waals surface area contributed by atoms with Crippen LogP contribution in [0.3, 0.4) is 0 Å². The normalized spacial score (nSPS) is 21.0. The lowest BCUT2D eigenvalue weighted by Gasteiger charge is -2.45. The van der Waals surface area contributed by atoms with Gasteiger partial charge in [0.15, 0.2) is 0 Å². The van der Waals surface area contributed by atoms with Gasteiger partial charge in [-0.1, -0.05) is 12.1 Å². The van der Waals surface area contributed by atoms with Crippen LogP contribution in [-0.4, -0.2) is 58.2 Å². The van der Waals surface area contributed by atoms with Gasteiger partial charge >= 0.3 is 0 Å². The van der Waals surface area contributed by atoms with Crippen LogP contribution in [0.2, 0.25) is 0 Å². The van der Waals surface area contributed by atoms with Crippen molar-refractivity contribution in [1.29, 1.82) is 0 Å². The lowest BCUT2D eigenvalue weighted by atomic mass is 10.00. The fourth-order valence-corrected chi connectivity index (χ4v) is 3.67. The molecule has 1 aliphatic heterocycles. The second kappa shape index (κ2) is 8.41. The summed E-state index contributed by atoms with van der Waals surface area (Å²) in [4.78, 5) is 34.1. The second-order valence-corrected chi connectivity index (χ2v) is 8.28. The summed E-state index contributed by atoms with van der Waals surface area (Å²) >= 11 is 0. The van der Waals surface area contributed by atoms with Crippen LogP contribution in [0.5, 0.6) is 0 Å². The number of carbonyl (C=O) groups is 1. The molecule has 3 rings (SSSR count). The number of aromatic amines is 1. The van der Waals surface area contributed by atoms with Gasteiger partial charge in [0.05, 0.1) is 23.1 Å². The second-order valence-electron chi connectivity index (χ2n) is 8.28. The predicted molar refractivity (Wildman–Crippen MR) is 109 cm³/mol. The third-order valence-electron chi connectivity index (χ3n) is 5.24. The highest BCUT2D eigenvalue weighted by Gasteiger charge is 2.33. The van der Waals surface area contributed by atoms with Gasteiger partial charge in [-0.05, 0) is 39.8 Å². The molecule has 0 spiro atoms. The maximum atomic E-state index is 12.3. The van der Waals surface area contributed by atoms with E-state index in [0.29, 0.717) is 29.7 Å². The minimum atomic E-state index is -0.169. The number of hydrogen-bond donors (Lipinski definition) is 2. The van der Waals surface area contributed by atoms with Gasteiger partial charge in [0.1, 0.15) is 5.82 Å². The molecule has 0 unspecified atom stereocenters. The van der Waals surface area contributed by atoms with E-state index in [1.165, 1.54) is 0 Å². The predicted octanol–water partition coefficient (Wildman–Crippen LogP) is 1.86. The molecule has 1 amide bonds. The molecule has 1 saturated heterocycles. The van der Waals surface area contributed by atoms with Crippen LogP contribution in [0, 0.1) is 0 Å². The van der Waals surface area contributed by atoms with Gasteiger partial charge in [-0.15, -0.1) is 0 Å². The van der Waals surface area contributed by atoms with Crippen molar-refractivity contribution in [1.82, 2.24) is 20.2 Å². The first-order chi connectivity index (χ1) is 13.2. The van der Waals surface area contributed by atoms with Crippen molar-refractivity contribution in [2.75, 3.05) is 19.6 Å². The molecule has 2 atom stereocenters. The average molecular weight is 386 g/mol. The summed E-state index contributed by atoms with van der Waals surface area (Å²) in [7, 11) is 0. The Bertz CT molecular complexity index is 883. The molecule has 2 heterocycles. The Balaban J connectivity index is 1.54. The molecular weight excluding hydrogens is 356 g/mol. The number of rotatable bonds is 6. The molecule has 7 nitrogen and oxygen atoms in total. The summed E-state index contributed by atoms with van der Waals surface area (Å²) in [6, 6.07) is 7.21. The highest BCUT2D eigenvalue weighted by molar-refractivity contribution is 5.78. The molecule has 1 aromatic heterocycles. The topological polar surface area (TPSA) is 87.3 Å². The number of fused-ring (bicyclic) bond motifs is 1. The molecule has 28 heavy (non-hydrogen) atoms. The summed E-state index contributed by atoms with van der Waals surface area (Å²) in [6.45, 7) is 10.7. The van der Waals surface area contributed by atoms with Crippen molar-refractivity contribution >= 4 is 16.8 Å². The van der Waals surface area contributed by atoms with Crippen LogP contribution in [0.1, 0.15) is 39.9 Å². The highest BCUT2D eigenvalue weighted by Crippen LogP contribution is 2.20. The first-order valence-corrected chi connectivity index (χ1v) is 9.90. The van der Waals surface area contributed by atoms with Gasteiger partial charge < -0.3 is 15.0 Å². The number of morpholine rings is 1. The Labute approximate surface area is 165 Å². The van der Waals surface area contributed by atoms with E-state index >= 15 is 0 Å². The number of nitrogens with zero attached hydrogens (tertiary/aromatic N) is 2. The number of ether oxygens (including phenoxy) is 1. The molecular formula is C21H30N4O3. The number of carbonyl (C=O) groups excluding carboxylic acids is 1. The fourth-order valence-electron chi connectivity index (χ4n) is 3.67. The van der Waals surface area contributed by atoms with Gasteiger partial charge in [-0.3, -0.25) is 14.5 Å². The van der Waals surface area contributed by atoms with Crippen molar-refractivity contribution < 1.29 is 9.53 Å². The fraction of sp³-hybridized carbons (Fsp3) is 0.571. The zero-order valence-electron chi connectivity index (χ0n) is 17.1. The molecule has 2 aromatic rings. The molecule has 1 aromatic carbocycles. The number of amides is 1. The number of benzene rings is 1. The van der Waals surface area contributed by atoms with E-state index in [2.05, 4.69) is 47.9 Å². The van der Waals surface area contributed by atoms with E-state index in [9.17, 15) is 9.59 Å². The summed E-state index contributed by atoms with van der Waals surface area (Å²) in [5.74, 6) is 0.493. The first-order valence-electron chi connectivity index (χ1n) is 9.90. The van der Waals surface area contributed by atoms with Gasteiger partial charge in [0, 0.05) is 38.0 Å². The molecule has 7 heteroatoms. The molecule has 0 bridgehead atoms. The number of nitrogens with one attached hydrogen (secondary N) is 2.